The highest BCUT2D eigenvalue weighted by Gasteiger charge is 2.30. The minimum Gasteiger partial charge on any atom is -0.195 e. The quantitative estimate of drug-likeness (QED) is 0.828. The van der Waals surface area contributed by atoms with Crippen LogP contribution in [0, 0.1) is 5.92 Å². The van der Waals surface area contributed by atoms with E-state index in [1.165, 1.54) is 4.31 Å². The topological polar surface area (TPSA) is 40.6 Å². The number of hydrogen-bond donors (Lipinski definition) is 0. The van der Waals surface area contributed by atoms with Crippen LogP contribution in [0.5, 0.6) is 0 Å². The number of benzene rings is 1. The molecule has 2 rings (SSSR count). The van der Waals surface area contributed by atoms with Crippen molar-refractivity contribution in [3.8, 4) is 0 Å². The average molecular weight is 361 g/mol. The SMILES string of the molecule is CC1CCN(S(=O)(=O)N(C)Cc2ccccc2Br)CC1. The molecule has 0 saturated carbocycles. The number of piperidine rings is 1. The molecule has 1 fully saturated rings. The van der Waals surface area contributed by atoms with Gasteiger partial charge < -0.3 is 0 Å². The molecule has 0 radical (unpaired) electrons. The van der Waals surface area contributed by atoms with Crippen LogP contribution < -0.4 is 0 Å². The number of halogens is 1. The molecule has 112 valence electrons. The molecule has 0 aliphatic carbocycles. The fourth-order valence-electron chi connectivity index (χ4n) is 2.36. The van der Waals surface area contributed by atoms with Gasteiger partial charge in [-0.05, 0) is 30.4 Å². The third kappa shape index (κ3) is 3.61. The van der Waals surface area contributed by atoms with Gasteiger partial charge in [0.1, 0.15) is 0 Å². The maximum absolute atomic E-state index is 12.5. The molecule has 1 aliphatic heterocycles. The highest BCUT2D eigenvalue weighted by molar-refractivity contribution is 9.10. The van der Waals surface area contributed by atoms with E-state index in [-0.39, 0.29) is 0 Å². The van der Waals surface area contributed by atoms with Crippen molar-refractivity contribution in [2.45, 2.75) is 26.3 Å². The molecular formula is C14H21BrN2O2S. The van der Waals surface area contributed by atoms with E-state index in [9.17, 15) is 8.42 Å². The van der Waals surface area contributed by atoms with Crippen LogP contribution in [-0.2, 0) is 16.8 Å². The molecule has 1 saturated heterocycles. The van der Waals surface area contributed by atoms with Crippen molar-refractivity contribution in [2.24, 2.45) is 5.92 Å². The second-order valence-electron chi connectivity index (χ2n) is 5.44. The van der Waals surface area contributed by atoms with E-state index in [2.05, 4.69) is 22.9 Å². The smallest absolute Gasteiger partial charge is 0.195 e. The first-order valence-electron chi connectivity index (χ1n) is 6.86. The van der Waals surface area contributed by atoms with Gasteiger partial charge in [0.05, 0.1) is 0 Å². The van der Waals surface area contributed by atoms with Gasteiger partial charge in [0.15, 0.2) is 0 Å². The third-order valence-corrected chi connectivity index (χ3v) is 6.52. The van der Waals surface area contributed by atoms with Gasteiger partial charge in [0.2, 0.25) is 0 Å². The zero-order valence-electron chi connectivity index (χ0n) is 11.9. The van der Waals surface area contributed by atoms with Gasteiger partial charge in [-0.3, -0.25) is 0 Å². The lowest BCUT2D eigenvalue weighted by molar-refractivity contribution is 0.269. The van der Waals surface area contributed by atoms with Crippen LogP contribution in [0.25, 0.3) is 0 Å². The summed E-state index contributed by atoms with van der Waals surface area (Å²) < 4.78 is 29.1. The summed E-state index contributed by atoms with van der Waals surface area (Å²) in [5.41, 5.74) is 0.976. The lowest BCUT2D eigenvalue weighted by Gasteiger charge is -2.32. The molecular weight excluding hydrogens is 340 g/mol. The van der Waals surface area contributed by atoms with Crippen LogP contribution in [0.2, 0.25) is 0 Å². The average Bonchev–Trinajstić information content (AvgIpc) is 2.41. The second kappa shape index (κ2) is 6.56. The van der Waals surface area contributed by atoms with Gasteiger partial charge in [0, 0.05) is 31.2 Å². The van der Waals surface area contributed by atoms with E-state index < -0.39 is 10.2 Å². The molecule has 4 nitrogen and oxygen atoms in total. The number of rotatable bonds is 4. The van der Waals surface area contributed by atoms with Crippen molar-refractivity contribution < 1.29 is 8.42 Å². The molecule has 0 unspecified atom stereocenters. The minimum absolute atomic E-state index is 0.385. The van der Waals surface area contributed by atoms with Crippen molar-refractivity contribution in [3.05, 3.63) is 34.3 Å². The molecule has 1 aromatic rings. The van der Waals surface area contributed by atoms with Crippen LogP contribution in [0.3, 0.4) is 0 Å². The Morgan fingerprint density at radius 1 is 1.30 bits per heavy atom. The minimum atomic E-state index is -3.35. The summed E-state index contributed by atoms with van der Waals surface area (Å²) in [6.45, 7) is 3.82. The monoisotopic (exact) mass is 360 g/mol. The van der Waals surface area contributed by atoms with Crippen molar-refractivity contribution in [1.82, 2.24) is 8.61 Å². The molecule has 0 amide bonds. The summed E-state index contributed by atoms with van der Waals surface area (Å²) in [6, 6.07) is 7.71. The Morgan fingerprint density at radius 3 is 2.50 bits per heavy atom. The molecule has 0 aromatic heterocycles. The maximum atomic E-state index is 12.5. The largest absolute Gasteiger partial charge is 0.282 e. The van der Waals surface area contributed by atoms with Gasteiger partial charge in [-0.25, -0.2) is 0 Å². The molecule has 20 heavy (non-hydrogen) atoms. The van der Waals surface area contributed by atoms with Gasteiger partial charge in [-0.15, -0.1) is 0 Å². The summed E-state index contributed by atoms with van der Waals surface area (Å²) in [6.07, 6.45) is 1.89. The van der Waals surface area contributed by atoms with Crippen LogP contribution in [0.15, 0.2) is 28.7 Å². The summed E-state index contributed by atoms with van der Waals surface area (Å²) >= 11 is 3.46. The van der Waals surface area contributed by atoms with Crippen LogP contribution in [0.4, 0.5) is 0 Å². The Kier molecular flexibility index (Phi) is 5.23. The standard InChI is InChI=1S/C14H21BrN2O2S/c1-12-7-9-17(10-8-12)20(18,19)16(2)11-13-5-3-4-6-14(13)15/h3-6,12H,7-11H2,1-2H3. The second-order valence-corrected chi connectivity index (χ2v) is 8.33. The summed E-state index contributed by atoms with van der Waals surface area (Å²) in [4.78, 5) is 0. The van der Waals surface area contributed by atoms with E-state index in [4.69, 9.17) is 0 Å². The predicted octanol–water partition coefficient (Wildman–Crippen LogP) is 2.86. The molecule has 6 heteroatoms. The zero-order chi connectivity index (χ0) is 14.8. The Hall–Kier alpha value is -0.430. The molecule has 1 heterocycles. The molecule has 0 bridgehead atoms. The lowest BCUT2D eigenvalue weighted by atomic mass is 10.0. The van der Waals surface area contributed by atoms with E-state index in [1.54, 1.807) is 11.4 Å². The van der Waals surface area contributed by atoms with Crippen LogP contribution in [-0.4, -0.2) is 37.2 Å². The number of hydrogen-bond acceptors (Lipinski definition) is 2. The Balaban J connectivity index is 2.08. The first kappa shape index (κ1) is 15.9. The lowest BCUT2D eigenvalue weighted by Crippen LogP contribution is -2.45. The Bertz CT molecular complexity index is 554. The summed E-state index contributed by atoms with van der Waals surface area (Å²) in [5, 5.41) is 0. The van der Waals surface area contributed by atoms with Crippen molar-refractivity contribution in [1.29, 1.82) is 0 Å². The maximum Gasteiger partial charge on any atom is 0.282 e. The fraction of sp³-hybridized carbons (Fsp3) is 0.571. The predicted molar refractivity (Wildman–Crippen MR) is 84.5 cm³/mol. The Labute approximate surface area is 130 Å². The first-order chi connectivity index (χ1) is 9.41. The normalized spacial score (nSPS) is 18.6. The van der Waals surface area contributed by atoms with Crippen molar-refractivity contribution in [3.63, 3.8) is 0 Å². The highest BCUT2D eigenvalue weighted by atomic mass is 79.9. The molecule has 1 aromatic carbocycles. The van der Waals surface area contributed by atoms with Crippen molar-refractivity contribution in [2.75, 3.05) is 20.1 Å². The Morgan fingerprint density at radius 2 is 1.90 bits per heavy atom. The number of nitrogens with zero attached hydrogens (tertiary/aromatic N) is 2. The van der Waals surface area contributed by atoms with Gasteiger partial charge in [-0.2, -0.15) is 17.0 Å². The molecule has 0 N–H and O–H groups in total. The van der Waals surface area contributed by atoms with E-state index >= 15 is 0 Å². The fourth-order valence-corrected chi connectivity index (χ4v) is 4.14. The van der Waals surface area contributed by atoms with Gasteiger partial charge >= 0.3 is 0 Å². The van der Waals surface area contributed by atoms with Gasteiger partial charge in [0.25, 0.3) is 10.2 Å². The highest BCUT2D eigenvalue weighted by Crippen LogP contribution is 2.23. The summed E-state index contributed by atoms with van der Waals surface area (Å²) in [5.74, 6) is 0.620. The van der Waals surface area contributed by atoms with Crippen LogP contribution in [0.1, 0.15) is 25.3 Å². The van der Waals surface area contributed by atoms with Gasteiger partial charge in [-0.1, -0.05) is 41.1 Å². The van der Waals surface area contributed by atoms with E-state index in [0.717, 1.165) is 22.9 Å². The first-order valence-corrected chi connectivity index (χ1v) is 9.05. The molecule has 0 spiro atoms. The van der Waals surface area contributed by atoms with Crippen molar-refractivity contribution >= 4 is 26.1 Å². The zero-order valence-corrected chi connectivity index (χ0v) is 14.3. The van der Waals surface area contributed by atoms with Crippen LogP contribution >= 0.6 is 15.9 Å². The molecule has 1 aliphatic rings. The summed E-state index contributed by atoms with van der Waals surface area (Å²) in [7, 11) is -1.71. The third-order valence-electron chi connectivity index (χ3n) is 3.81. The molecule has 0 atom stereocenters. The van der Waals surface area contributed by atoms with E-state index in [0.29, 0.717) is 25.6 Å². The van der Waals surface area contributed by atoms with E-state index in [1.807, 2.05) is 24.3 Å².